The SMILES string of the molecule is Cc1ccc(OCCC(=O)NCC2=CCNCC2)cc1C. The van der Waals surface area contributed by atoms with Crippen molar-refractivity contribution in [3.8, 4) is 5.75 Å². The van der Waals surface area contributed by atoms with Crippen LogP contribution in [0.1, 0.15) is 24.0 Å². The van der Waals surface area contributed by atoms with E-state index in [-0.39, 0.29) is 5.91 Å². The number of nitrogens with one attached hydrogen (secondary N) is 2. The lowest BCUT2D eigenvalue weighted by atomic mass is 10.1. The Morgan fingerprint density at radius 1 is 1.33 bits per heavy atom. The van der Waals surface area contributed by atoms with E-state index in [0.717, 1.165) is 25.3 Å². The van der Waals surface area contributed by atoms with Crippen molar-refractivity contribution in [1.82, 2.24) is 10.6 Å². The van der Waals surface area contributed by atoms with Crippen LogP contribution in [-0.4, -0.2) is 32.1 Å². The van der Waals surface area contributed by atoms with Crippen molar-refractivity contribution >= 4 is 5.91 Å². The molecule has 1 heterocycles. The zero-order valence-electron chi connectivity index (χ0n) is 12.9. The molecule has 1 aliphatic heterocycles. The van der Waals surface area contributed by atoms with E-state index in [1.165, 1.54) is 16.7 Å². The van der Waals surface area contributed by atoms with Crippen molar-refractivity contribution in [2.24, 2.45) is 0 Å². The highest BCUT2D eigenvalue weighted by atomic mass is 16.5. The molecule has 0 aliphatic carbocycles. The number of rotatable bonds is 6. The molecule has 0 bridgehead atoms. The summed E-state index contributed by atoms with van der Waals surface area (Å²) in [5.74, 6) is 0.866. The maximum atomic E-state index is 11.8. The largest absolute Gasteiger partial charge is 0.493 e. The van der Waals surface area contributed by atoms with Gasteiger partial charge >= 0.3 is 0 Å². The molecule has 1 aromatic carbocycles. The highest BCUT2D eigenvalue weighted by Gasteiger charge is 2.06. The molecular weight excluding hydrogens is 264 g/mol. The molecule has 21 heavy (non-hydrogen) atoms. The van der Waals surface area contributed by atoms with E-state index in [1.54, 1.807) is 0 Å². The fraction of sp³-hybridized carbons (Fsp3) is 0.471. The molecule has 0 fully saturated rings. The third-order valence-corrected chi connectivity index (χ3v) is 3.75. The second-order valence-corrected chi connectivity index (χ2v) is 5.44. The van der Waals surface area contributed by atoms with Crippen LogP contribution in [0.5, 0.6) is 5.75 Å². The van der Waals surface area contributed by atoms with E-state index in [4.69, 9.17) is 4.74 Å². The van der Waals surface area contributed by atoms with Crippen molar-refractivity contribution in [2.45, 2.75) is 26.7 Å². The monoisotopic (exact) mass is 288 g/mol. The molecule has 0 radical (unpaired) electrons. The average Bonchev–Trinajstić information content (AvgIpc) is 2.50. The summed E-state index contributed by atoms with van der Waals surface area (Å²) in [5, 5.41) is 6.20. The molecular formula is C17H24N2O2. The number of benzene rings is 1. The zero-order chi connectivity index (χ0) is 15.1. The lowest BCUT2D eigenvalue weighted by Crippen LogP contribution is -2.30. The Labute approximate surface area is 126 Å². The summed E-state index contributed by atoms with van der Waals surface area (Å²) >= 11 is 0. The fourth-order valence-electron chi connectivity index (χ4n) is 2.20. The predicted octanol–water partition coefficient (Wildman–Crippen LogP) is 2.11. The maximum Gasteiger partial charge on any atom is 0.223 e. The standard InChI is InChI=1S/C17H24N2O2/c1-13-3-4-16(11-14(13)2)21-10-7-17(20)19-12-15-5-8-18-9-6-15/h3-5,11,18H,6-10,12H2,1-2H3,(H,19,20). The number of hydrogen-bond donors (Lipinski definition) is 2. The smallest absolute Gasteiger partial charge is 0.223 e. The van der Waals surface area contributed by atoms with Gasteiger partial charge in [0, 0.05) is 13.1 Å². The van der Waals surface area contributed by atoms with Crippen molar-refractivity contribution < 1.29 is 9.53 Å². The Bertz CT molecular complexity index is 524. The Balaban J connectivity index is 1.66. The van der Waals surface area contributed by atoms with Gasteiger partial charge in [0.2, 0.25) is 5.91 Å². The molecule has 114 valence electrons. The van der Waals surface area contributed by atoms with E-state index in [1.807, 2.05) is 18.2 Å². The molecule has 0 aromatic heterocycles. The van der Waals surface area contributed by atoms with Crippen LogP contribution in [-0.2, 0) is 4.79 Å². The predicted molar refractivity (Wildman–Crippen MR) is 84.6 cm³/mol. The summed E-state index contributed by atoms with van der Waals surface area (Å²) in [6, 6.07) is 5.99. The number of hydrogen-bond acceptors (Lipinski definition) is 3. The Morgan fingerprint density at radius 2 is 2.19 bits per heavy atom. The molecule has 2 N–H and O–H groups in total. The van der Waals surface area contributed by atoms with E-state index in [9.17, 15) is 4.79 Å². The molecule has 1 aromatic rings. The molecule has 0 saturated heterocycles. The van der Waals surface area contributed by atoms with Crippen LogP contribution in [0.15, 0.2) is 29.8 Å². The van der Waals surface area contributed by atoms with Crippen LogP contribution in [0.2, 0.25) is 0 Å². The van der Waals surface area contributed by atoms with Gasteiger partial charge in [0.25, 0.3) is 0 Å². The van der Waals surface area contributed by atoms with Crippen LogP contribution in [0, 0.1) is 13.8 Å². The maximum absolute atomic E-state index is 11.8. The normalized spacial score (nSPS) is 14.5. The second kappa shape index (κ2) is 7.84. The fourth-order valence-corrected chi connectivity index (χ4v) is 2.20. The van der Waals surface area contributed by atoms with Gasteiger partial charge in [-0.05, 0) is 50.1 Å². The summed E-state index contributed by atoms with van der Waals surface area (Å²) in [5.41, 5.74) is 3.75. The van der Waals surface area contributed by atoms with Crippen LogP contribution in [0.4, 0.5) is 0 Å². The van der Waals surface area contributed by atoms with Gasteiger partial charge in [-0.25, -0.2) is 0 Å². The lowest BCUT2D eigenvalue weighted by molar-refractivity contribution is -0.121. The topological polar surface area (TPSA) is 50.4 Å². The van der Waals surface area contributed by atoms with Crippen LogP contribution >= 0.6 is 0 Å². The van der Waals surface area contributed by atoms with E-state index < -0.39 is 0 Å². The molecule has 1 amide bonds. The van der Waals surface area contributed by atoms with Gasteiger partial charge in [-0.2, -0.15) is 0 Å². The van der Waals surface area contributed by atoms with E-state index in [2.05, 4.69) is 30.6 Å². The van der Waals surface area contributed by atoms with Crippen molar-refractivity contribution in [1.29, 1.82) is 0 Å². The van der Waals surface area contributed by atoms with Gasteiger partial charge in [0.15, 0.2) is 0 Å². The number of amides is 1. The quantitative estimate of drug-likeness (QED) is 0.788. The molecule has 0 spiro atoms. The molecule has 0 saturated carbocycles. The number of aryl methyl sites for hydroxylation is 2. The highest BCUT2D eigenvalue weighted by molar-refractivity contribution is 5.76. The lowest BCUT2D eigenvalue weighted by Gasteiger charge is -2.14. The van der Waals surface area contributed by atoms with Gasteiger partial charge in [0.05, 0.1) is 13.0 Å². The first kappa shape index (κ1) is 15.6. The summed E-state index contributed by atoms with van der Waals surface area (Å²) in [6.45, 7) is 7.10. The van der Waals surface area contributed by atoms with Crippen LogP contribution in [0.25, 0.3) is 0 Å². The van der Waals surface area contributed by atoms with Crippen molar-refractivity contribution in [3.05, 3.63) is 41.0 Å². The number of ether oxygens (including phenoxy) is 1. The molecule has 0 atom stereocenters. The van der Waals surface area contributed by atoms with Crippen LogP contribution in [0.3, 0.4) is 0 Å². The van der Waals surface area contributed by atoms with E-state index >= 15 is 0 Å². The van der Waals surface area contributed by atoms with Gasteiger partial charge in [-0.3, -0.25) is 4.79 Å². The van der Waals surface area contributed by atoms with E-state index in [0.29, 0.717) is 19.6 Å². The number of carbonyl (C=O) groups is 1. The Kier molecular flexibility index (Phi) is 5.81. The highest BCUT2D eigenvalue weighted by Crippen LogP contribution is 2.16. The molecule has 0 unspecified atom stereocenters. The third kappa shape index (κ3) is 5.23. The summed E-state index contributed by atoms with van der Waals surface area (Å²) in [6.07, 6.45) is 3.55. The molecule has 2 rings (SSSR count). The minimum Gasteiger partial charge on any atom is -0.493 e. The van der Waals surface area contributed by atoms with Crippen molar-refractivity contribution in [2.75, 3.05) is 26.2 Å². The summed E-state index contributed by atoms with van der Waals surface area (Å²) in [4.78, 5) is 11.8. The van der Waals surface area contributed by atoms with Gasteiger partial charge in [-0.15, -0.1) is 0 Å². The average molecular weight is 288 g/mol. The second-order valence-electron chi connectivity index (χ2n) is 5.44. The first-order chi connectivity index (χ1) is 10.1. The first-order valence-electron chi connectivity index (χ1n) is 7.50. The van der Waals surface area contributed by atoms with Gasteiger partial charge < -0.3 is 15.4 Å². The van der Waals surface area contributed by atoms with Crippen molar-refractivity contribution in [3.63, 3.8) is 0 Å². The molecule has 1 aliphatic rings. The summed E-state index contributed by atoms with van der Waals surface area (Å²) in [7, 11) is 0. The summed E-state index contributed by atoms with van der Waals surface area (Å²) < 4.78 is 5.62. The molecule has 4 heteroatoms. The first-order valence-corrected chi connectivity index (χ1v) is 7.50. The Hall–Kier alpha value is -1.81. The number of carbonyl (C=O) groups excluding carboxylic acids is 1. The Morgan fingerprint density at radius 3 is 2.90 bits per heavy atom. The van der Waals surface area contributed by atoms with Gasteiger partial charge in [-0.1, -0.05) is 17.7 Å². The third-order valence-electron chi connectivity index (χ3n) is 3.75. The van der Waals surface area contributed by atoms with Crippen LogP contribution < -0.4 is 15.4 Å². The minimum atomic E-state index is 0.0401. The van der Waals surface area contributed by atoms with Gasteiger partial charge in [0.1, 0.15) is 5.75 Å². The molecule has 4 nitrogen and oxygen atoms in total. The zero-order valence-corrected chi connectivity index (χ0v) is 12.9. The minimum absolute atomic E-state index is 0.0401.